The number of benzene rings is 2. The Kier molecular flexibility index (Phi) is 5.71. The molecule has 24 heavy (non-hydrogen) atoms. The molecule has 2 aromatic rings. The van der Waals surface area contributed by atoms with Crippen molar-refractivity contribution < 1.29 is 27.2 Å². The Morgan fingerprint density at radius 2 is 1.62 bits per heavy atom. The number of aliphatic hydroxyl groups excluding tert-OH is 1. The zero-order valence-corrected chi connectivity index (χ0v) is 14.1. The predicted octanol–water partition coefficient (Wildman–Crippen LogP) is 1.98. The third kappa shape index (κ3) is 4.19. The molecule has 2 aromatic carbocycles. The normalized spacial score (nSPS) is 14.0. The standard InChI is InChI=1S/C17H18O6S/c1-12-8-10-14(11-9-12)24(20,21)23-16(17(19)22-2)15(18)13-6-4-3-5-7-13/h3-11,15-16,18H,1-2H3. The topological polar surface area (TPSA) is 89.9 Å². The van der Waals surface area contributed by atoms with Gasteiger partial charge in [0.2, 0.25) is 6.10 Å². The van der Waals surface area contributed by atoms with Crippen molar-refractivity contribution in [1.29, 1.82) is 0 Å². The van der Waals surface area contributed by atoms with Gasteiger partial charge in [-0.25, -0.2) is 8.98 Å². The number of ether oxygens (including phenoxy) is 1. The van der Waals surface area contributed by atoms with Crippen LogP contribution in [-0.2, 0) is 23.8 Å². The van der Waals surface area contributed by atoms with Gasteiger partial charge in [0.05, 0.1) is 12.0 Å². The fourth-order valence-electron chi connectivity index (χ4n) is 2.06. The van der Waals surface area contributed by atoms with E-state index in [9.17, 15) is 18.3 Å². The number of rotatable bonds is 6. The fraction of sp³-hybridized carbons (Fsp3) is 0.235. The molecule has 0 aliphatic carbocycles. The molecule has 0 spiro atoms. The van der Waals surface area contributed by atoms with Gasteiger partial charge in [-0.15, -0.1) is 0 Å². The molecule has 2 atom stereocenters. The van der Waals surface area contributed by atoms with Gasteiger partial charge in [-0.2, -0.15) is 8.42 Å². The number of carbonyl (C=O) groups excluding carboxylic acids is 1. The van der Waals surface area contributed by atoms with E-state index in [1.165, 1.54) is 12.1 Å². The number of aliphatic hydroxyl groups is 1. The van der Waals surface area contributed by atoms with Crippen molar-refractivity contribution in [2.45, 2.75) is 24.0 Å². The Hall–Kier alpha value is -2.22. The summed E-state index contributed by atoms with van der Waals surface area (Å²) in [7, 11) is -3.15. The van der Waals surface area contributed by atoms with E-state index in [0.717, 1.165) is 12.7 Å². The van der Waals surface area contributed by atoms with E-state index in [-0.39, 0.29) is 4.90 Å². The van der Waals surface area contributed by atoms with E-state index in [4.69, 9.17) is 4.18 Å². The van der Waals surface area contributed by atoms with E-state index >= 15 is 0 Å². The van der Waals surface area contributed by atoms with Crippen molar-refractivity contribution in [3.8, 4) is 0 Å². The van der Waals surface area contributed by atoms with Gasteiger partial charge in [0.15, 0.2) is 0 Å². The van der Waals surface area contributed by atoms with Crippen LogP contribution in [0.25, 0.3) is 0 Å². The Morgan fingerprint density at radius 1 is 1.04 bits per heavy atom. The molecule has 0 amide bonds. The van der Waals surface area contributed by atoms with E-state index in [1.54, 1.807) is 42.5 Å². The van der Waals surface area contributed by atoms with E-state index < -0.39 is 28.3 Å². The summed E-state index contributed by atoms with van der Waals surface area (Å²) in [6.07, 6.45) is -3.19. The zero-order valence-electron chi connectivity index (χ0n) is 13.2. The number of carbonyl (C=O) groups is 1. The van der Waals surface area contributed by atoms with Crippen molar-refractivity contribution >= 4 is 16.1 Å². The summed E-state index contributed by atoms with van der Waals surface area (Å²) in [5.41, 5.74) is 1.22. The van der Waals surface area contributed by atoms with Crippen LogP contribution in [0, 0.1) is 6.92 Å². The first-order valence-electron chi connectivity index (χ1n) is 7.16. The number of aryl methyl sites for hydroxylation is 1. The summed E-state index contributed by atoms with van der Waals surface area (Å²) in [6, 6.07) is 14.1. The minimum absolute atomic E-state index is 0.109. The SMILES string of the molecule is COC(=O)C(OS(=O)(=O)c1ccc(C)cc1)C(O)c1ccccc1. The first kappa shape index (κ1) is 18.1. The molecule has 0 fully saturated rings. The summed E-state index contributed by atoms with van der Waals surface area (Å²) in [5.74, 6) is -0.984. The summed E-state index contributed by atoms with van der Waals surface area (Å²) in [4.78, 5) is 11.8. The third-order valence-electron chi connectivity index (χ3n) is 3.40. The van der Waals surface area contributed by atoms with Gasteiger partial charge in [-0.1, -0.05) is 48.0 Å². The molecule has 1 N–H and O–H groups in total. The largest absolute Gasteiger partial charge is 0.467 e. The first-order valence-corrected chi connectivity index (χ1v) is 8.57. The second-order valence-corrected chi connectivity index (χ2v) is 6.73. The van der Waals surface area contributed by atoms with E-state index in [0.29, 0.717) is 5.56 Å². The highest BCUT2D eigenvalue weighted by molar-refractivity contribution is 7.86. The summed E-state index contributed by atoms with van der Waals surface area (Å²) in [6.45, 7) is 1.81. The highest BCUT2D eigenvalue weighted by Gasteiger charge is 2.35. The van der Waals surface area contributed by atoms with Gasteiger partial charge in [0.25, 0.3) is 10.1 Å². The van der Waals surface area contributed by atoms with E-state index in [1.807, 2.05) is 6.92 Å². The Labute approximate surface area is 140 Å². The minimum atomic E-state index is -4.25. The molecule has 0 aliphatic heterocycles. The van der Waals surface area contributed by atoms with Crippen molar-refractivity contribution in [3.63, 3.8) is 0 Å². The summed E-state index contributed by atoms with van der Waals surface area (Å²) < 4.78 is 34.3. The third-order valence-corrected chi connectivity index (χ3v) is 4.71. The maximum absolute atomic E-state index is 12.4. The quantitative estimate of drug-likeness (QED) is 0.633. The molecule has 2 rings (SSSR count). The predicted molar refractivity (Wildman–Crippen MR) is 86.7 cm³/mol. The molecule has 0 aliphatic rings. The molecular weight excluding hydrogens is 332 g/mol. The molecular formula is C17H18O6S. The highest BCUT2D eigenvalue weighted by Crippen LogP contribution is 2.24. The van der Waals surface area contributed by atoms with Gasteiger partial charge in [-0.05, 0) is 24.6 Å². The van der Waals surface area contributed by atoms with Crippen LogP contribution < -0.4 is 0 Å². The minimum Gasteiger partial charge on any atom is -0.467 e. The first-order chi connectivity index (χ1) is 11.3. The van der Waals surface area contributed by atoms with Gasteiger partial charge in [0.1, 0.15) is 6.10 Å². The molecule has 0 saturated heterocycles. The molecule has 0 aromatic heterocycles. The molecule has 0 heterocycles. The summed E-state index contributed by atoms with van der Waals surface area (Å²) in [5, 5.41) is 10.3. The number of hydrogen-bond acceptors (Lipinski definition) is 6. The van der Waals surface area contributed by atoms with Crippen LogP contribution in [0.2, 0.25) is 0 Å². The fourth-order valence-corrected chi connectivity index (χ4v) is 3.10. The smallest absolute Gasteiger partial charge is 0.339 e. The Bertz CT molecular complexity index is 784. The molecule has 0 bridgehead atoms. The van der Waals surface area contributed by atoms with Gasteiger partial charge >= 0.3 is 5.97 Å². The molecule has 6 nitrogen and oxygen atoms in total. The summed E-state index contributed by atoms with van der Waals surface area (Å²) >= 11 is 0. The van der Waals surface area contributed by atoms with Crippen LogP contribution in [0.3, 0.4) is 0 Å². The zero-order chi connectivity index (χ0) is 17.7. The van der Waals surface area contributed by atoms with Gasteiger partial charge < -0.3 is 9.84 Å². The van der Waals surface area contributed by atoms with Gasteiger partial charge in [0, 0.05) is 0 Å². The van der Waals surface area contributed by atoms with Crippen molar-refractivity contribution in [2.75, 3.05) is 7.11 Å². The average molecular weight is 350 g/mol. The molecule has 128 valence electrons. The molecule has 0 radical (unpaired) electrons. The average Bonchev–Trinajstić information content (AvgIpc) is 2.59. The van der Waals surface area contributed by atoms with E-state index in [2.05, 4.69) is 4.74 Å². The monoisotopic (exact) mass is 350 g/mol. The van der Waals surface area contributed by atoms with Crippen LogP contribution in [0.15, 0.2) is 59.5 Å². The number of methoxy groups -OCH3 is 1. The van der Waals surface area contributed by atoms with Crippen molar-refractivity contribution in [3.05, 3.63) is 65.7 Å². The highest BCUT2D eigenvalue weighted by atomic mass is 32.2. The Morgan fingerprint density at radius 3 is 2.17 bits per heavy atom. The van der Waals surface area contributed by atoms with Crippen molar-refractivity contribution in [1.82, 2.24) is 0 Å². The molecule has 2 unspecified atom stereocenters. The lowest BCUT2D eigenvalue weighted by Gasteiger charge is -2.21. The Balaban J connectivity index is 2.32. The van der Waals surface area contributed by atoms with Crippen molar-refractivity contribution in [2.24, 2.45) is 0 Å². The van der Waals surface area contributed by atoms with Crippen LogP contribution in [0.4, 0.5) is 0 Å². The lowest BCUT2D eigenvalue weighted by Crippen LogP contribution is -2.34. The number of esters is 1. The molecule has 7 heteroatoms. The van der Waals surface area contributed by atoms with Crippen LogP contribution in [0.1, 0.15) is 17.2 Å². The molecule has 0 saturated carbocycles. The maximum Gasteiger partial charge on any atom is 0.339 e. The number of hydrogen-bond donors (Lipinski definition) is 1. The van der Waals surface area contributed by atoms with Crippen LogP contribution in [-0.4, -0.2) is 32.7 Å². The maximum atomic E-state index is 12.4. The van der Waals surface area contributed by atoms with Crippen LogP contribution >= 0.6 is 0 Å². The van der Waals surface area contributed by atoms with Crippen LogP contribution in [0.5, 0.6) is 0 Å². The second-order valence-electron chi connectivity index (χ2n) is 5.16. The lowest BCUT2D eigenvalue weighted by atomic mass is 10.0. The van der Waals surface area contributed by atoms with Gasteiger partial charge in [-0.3, -0.25) is 0 Å². The second kappa shape index (κ2) is 7.57. The lowest BCUT2D eigenvalue weighted by molar-refractivity contribution is -0.154.